The summed E-state index contributed by atoms with van der Waals surface area (Å²) < 4.78 is 4.67. The molecule has 0 radical (unpaired) electrons. The van der Waals surface area contributed by atoms with Crippen molar-refractivity contribution in [2.45, 2.75) is 20.3 Å². The summed E-state index contributed by atoms with van der Waals surface area (Å²) in [7, 11) is 0. The number of allylic oxidation sites excluding steroid dienone is 3. The van der Waals surface area contributed by atoms with Gasteiger partial charge in [0.05, 0.1) is 0 Å². The van der Waals surface area contributed by atoms with E-state index in [0.717, 1.165) is 6.42 Å². The third-order valence-corrected chi connectivity index (χ3v) is 1.06. The third-order valence-electron chi connectivity index (χ3n) is 1.06. The van der Waals surface area contributed by atoms with Gasteiger partial charge in [-0.15, -0.1) is 0 Å². The quantitative estimate of drug-likeness (QED) is 0.457. The molecular formula is C9H14O2. The molecule has 0 aromatic heterocycles. The molecule has 0 N–H and O–H groups in total. The van der Waals surface area contributed by atoms with E-state index in [1.807, 2.05) is 31.2 Å². The summed E-state index contributed by atoms with van der Waals surface area (Å²) in [6, 6.07) is 0. The largest absolute Gasteiger partial charge is 0.462 e. The van der Waals surface area contributed by atoms with E-state index in [1.165, 1.54) is 6.92 Å². The molecule has 0 rings (SSSR count). The van der Waals surface area contributed by atoms with Crippen molar-refractivity contribution in [1.29, 1.82) is 0 Å². The Labute approximate surface area is 67.6 Å². The van der Waals surface area contributed by atoms with Crippen LogP contribution in [0.3, 0.4) is 0 Å². The highest BCUT2D eigenvalue weighted by Gasteiger charge is 1.85. The standard InChI is InChI=1S/C9H14O2/c1-3-4-5-6-7-8-11-9(2)10/h3-4,6-7H,5,8H2,1-2H3/b4-3+,7-6-. The second-order valence-electron chi connectivity index (χ2n) is 2.08. The first kappa shape index (κ1) is 9.95. The van der Waals surface area contributed by atoms with Crippen LogP contribution < -0.4 is 0 Å². The fourth-order valence-corrected chi connectivity index (χ4v) is 0.544. The van der Waals surface area contributed by atoms with Crippen LogP contribution in [0.5, 0.6) is 0 Å². The van der Waals surface area contributed by atoms with Crippen molar-refractivity contribution < 1.29 is 9.53 Å². The zero-order valence-electron chi connectivity index (χ0n) is 7.04. The molecule has 0 atom stereocenters. The van der Waals surface area contributed by atoms with Crippen LogP contribution in [-0.2, 0) is 9.53 Å². The second-order valence-corrected chi connectivity index (χ2v) is 2.08. The number of hydrogen-bond acceptors (Lipinski definition) is 2. The lowest BCUT2D eigenvalue weighted by Gasteiger charge is -1.93. The highest BCUT2D eigenvalue weighted by molar-refractivity contribution is 5.65. The van der Waals surface area contributed by atoms with Gasteiger partial charge >= 0.3 is 5.97 Å². The van der Waals surface area contributed by atoms with Crippen molar-refractivity contribution in [3.8, 4) is 0 Å². The van der Waals surface area contributed by atoms with Crippen LogP contribution in [0.25, 0.3) is 0 Å². The molecule has 2 heteroatoms. The van der Waals surface area contributed by atoms with Gasteiger partial charge in [0.1, 0.15) is 6.61 Å². The SMILES string of the molecule is C/C=C/C/C=C\COC(C)=O. The first-order valence-corrected chi connectivity index (χ1v) is 3.67. The molecule has 0 aromatic carbocycles. The van der Waals surface area contributed by atoms with Gasteiger partial charge in [-0.2, -0.15) is 0 Å². The smallest absolute Gasteiger partial charge is 0.302 e. The Morgan fingerprint density at radius 3 is 2.64 bits per heavy atom. The van der Waals surface area contributed by atoms with E-state index in [0.29, 0.717) is 6.61 Å². The minimum atomic E-state index is -0.235. The van der Waals surface area contributed by atoms with Crippen molar-refractivity contribution >= 4 is 5.97 Å². The van der Waals surface area contributed by atoms with Gasteiger partial charge in [-0.3, -0.25) is 4.79 Å². The Balaban J connectivity index is 3.23. The lowest BCUT2D eigenvalue weighted by atomic mass is 10.3. The molecule has 11 heavy (non-hydrogen) atoms. The molecule has 0 aliphatic carbocycles. The number of esters is 1. The maximum Gasteiger partial charge on any atom is 0.302 e. The van der Waals surface area contributed by atoms with Gasteiger partial charge in [-0.1, -0.05) is 24.3 Å². The molecule has 0 amide bonds. The van der Waals surface area contributed by atoms with Gasteiger partial charge in [0.2, 0.25) is 0 Å². The molecule has 0 spiro atoms. The average molecular weight is 154 g/mol. The van der Waals surface area contributed by atoms with Crippen LogP contribution >= 0.6 is 0 Å². The number of carbonyl (C=O) groups is 1. The lowest BCUT2D eigenvalue weighted by Crippen LogP contribution is -1.97. The summed E-state index contributed by atoms with van der Waals surface area (Å²) in [5, 5.41) is 0. The predicted molar refractivity (Wildman–Crippen MR) is 45.2 cm³/mol. The highest BCUT2D eigenvalue weighted by Crippen LogP contribution is 1.86. The number of hydrogen-bond donors (Lipinski definition) is 0. The van der Waals surface area contributed by atoms with Gasteiger partial charge in [-0.25, -0.2) is 0 Å². The molecule has 0 aromatic rings. The van der Waals surface area contributed by atoms with E-state index >= 15 is 0 Å². The first-order chi connectivity index (χ1) is 5.27. The minimum absolute atomic E-state index is 0.235. The van der Waals surface area contributed by atoms with Crippen molar-refractivity contribution in [2.24, 2.45) is 0 Å². The van der Waals surface area contributed by atoms with Crippen LogP contribution in [-0.4, -0.2) is 12.6 Å². The van der Waals surface area contributed by atoms with Crippen LogP contribution in [0.1, 0.15) is 20.3 Å². The highest BCUT2D eigenvalue weighted by atomic mass is 16.5. The molecule has 0 unspecified atom stereocenters. The molecule has 0 aliphatic rings. The van der Waals surface area contributed by atoms with Crippen LogP contribution in [0.15, 0.2) is 24.3 Å². The Morgan fingerprint density at radius 2 is 2.09 bits per heavy atom. The number of rotatable bonds is 4. The van der Waals surface area contributed by atoms with Gasteiger partial charge in [0, 0.05) is 6.92 Å². The van der Waals surface area contributed by atoms with E-state index in [-0.39, 0.29) is 5.97 Å². The average Bonchev–Trinajstić information content (AvgIpc) is 1.96. The molecule has 0 aliphatic heterocycles. The summed E-state index contributed by atoms with van der Waals surface area (Å²) in [6.45, 7) is 3.76. The molecule has 62 valence electrons. The van der Waals surface area contributed by atoms with E-state index in [9.17, 15) is 4.79 Å². The summed E-state index contributed by atoms with van der Waals surface area (Å²) in [5.74, 6) is -0.235. The van der Waals surface area contributed by atoms with Crippen molar-refractivity contribution in [2.75, 3.05) is 6.61 Å². The monoisotopic (exact) mass is 154 g/mol. The van der Waals surface area contributed by atoms with Crippen LogP contribution in [0.4, 0.5) is 0 Å². The number of ether oxygens (including phenoxy) is 1. The van der Waals surface area contributed by atoms with E-state index in [1.54, 1.807) is 0 Å². The van der Waals surface area contributed by atoms with E-state index < -0.39 is 0 Å². The summed E-state index contributed by atoms with van der Waals surface area (Å²) in [6.07, 6.45) is 8.71. The minimum Gasteiger partial charge on any atom is -0.462 e. The molecule has 0 bridgehead atoms. The van der Waals surface area contributed by atoms with Gasteiger partial charge in [0.25, 0.3) is 0 Å². The Kier molecular flexibility index (Phi) is 6.39. The summed E-state index contributed by atoms with van der Waals surface area (Å²) >= 11 is 0. The fourth-order valence-electron chi connectivity index (χ4n) is 0.544. The predicted octanol–water partition coefficient (Wildman–Crippen LogP) is 2.07. The fraction of sp³-hybridized carbons (Fsp3) is 0.444. The van der Waals surface area contributed by atoms with Crippen molar-refractivity contribution in [3.05, 3.63) is 24.3 Å². The summed E-state index contributed by atoms with van der Waals surface area (Å²) in [4.78, 5) is 10.3. The zero-order chi connectivity index (χ0) is 8.53. The summed E-state index contributed by atoms with van der Waals surface area (Å²) in [5.41, 5.74) is 0. The van der Waals surface area contributed by atoms with Crippen LogP contribution in [0, 0.1) is 0 Å². The van der Waals surface area contributed by atoms with Crippen molar-refractivity contribution in [3.63, 3.8) is 0 Å². The Hall–Kier alpha value is -1.05. The molecular weight excluding hydrogens is 140 g/mol. The normalized spacial score (nSPS) is 11.1. The maximum atomic E-state index is 10.3. The maximum absolute atomic E-state index is 10.3. The second kappa shape index (κ2) is 7.06. The number of carbonyl (C=O) groups excluding carboxylic acids is 1. The third kappa shape index (κ3) is 8.95. The molecule has 0 heterocycles. The van der Waals surface area contributed by atoms with Gasteiger partial charge in [-0.05, 0) is 13.3 Å². The molecule has 2 nitrogen and oxygen atoms in total. The molecule has 0 fully saturated rings. The molecule has 0 saturated carbocycles. The van der Waals surface area contributed by atoms with E-state index in [2.05, 4.69) is 4.74 Å². The first-order valence-electron chi connectivity index (χ1n) is 3.67. The molecule has 0 saturated heterocycles. The zero-order valence-corrected chi connectivity index (χ0v) is 7.04. The lowest BCUT2D eigenvalue weighted by molar-refractivity contribution is -0.139. The topological polar surface area (TPSA) is 26.3 Å². The van der Waals surface area contributed by atoms with Gasteiger partial charge < -0.3 is 4.74 Å². The van der Waals surface area contributed by atoms with E-state index in [4.69, 9.17) is 0 Å². The van der Waals surface area contributed by atoms with Gasteiger partial charge in [0.15, 0.2) is 0 Å². The Morgan fingerprint density at radius 1 is 1.36 bits per heavy atom. The van der Waals surface area contributed by atoms with Crippen molar-refractivity contribution in [1.82, 2.24) is 0 Å². The Bertz CT molecular complexity index is 157. The van der Waals surface area contributed by atoms with Crippen LogP contribution in [0.2, 0.25) is 0 Å².